The van der Waals surface area contributed by atoms with Gasteiger partial charge in [-0.15, -0.1) is 0 Å². The SMILES string of the molecule is CCCNCc1cccc(-c2cccc(OC)c2OC)c1. The van der Waals surface area contributed by atoms with Crippen LogP contribution in [0.5, 0.6) is 11.5 Å². The summed E-state index contributed by atoms with van der Waals surface area (Å²) in [7, 11) is 3.33. The molecule has 0 saturated carbocycles. The molecule has 0 spiro atoms. The lowest BCUT2D eigenvalue weighted by atomic mass is 10.0. The molecule has 0 bridgehead atoms. The van der Waals surface area contributed by atoms with Gasteiger partial charge in [-0.1, -0.05) is 37.3 Å². The smallest absolute Gasteiger partial charge is 0.168 e. The number of para-hydroxylation sites is 1. The van der Waals surface area contributed by atoms with E-state index < -0.39 is 0 Å². The number of methoxy groups -OCH3 is 2. The minimum atomic E-state index is 0.754. The van der Waals surface area contributed by atoms with Crippen LogP contribution in [0.2, 0.25) is 0 Å². The van der Waals surface area contributed by atoms with Crippen LogP contribution in [0.3, 0.4) is 0 Å². The molecule has 0 saturated heterocycles. The van der Waals surface area contributed by atoms with Crippen molar-refractivity contribution in [2.24, 2.45) is 0 Å². The van der Waals surface area contributed by atoms with Crippen molar-refractivity contribution in [3.63, 3.8) is 0 Å². The van der Waals surface area contributed by atoms with E-state index in [0.29, 0.717) is 0 Å². The predicted octanol–water partition coefficient (Wildman–Crippen LogP) is 3.87. The van der Waals surface area contributed by atoms with E-state index in [-0.39, 0.29) is 0 Å². The van der Waals surface area contributed by atoms with Crippen LogP contribution in [0.25, 0.3) is 11.1 Å². The molecule has 112 valence electrons. The van der Waals surface area contributed by atoms with Crippen molar-refractivity contribution in [3.8, 4) is 22.6 Å². The second kappa shape index (κ2) is 7.70. The van der Waals surface area contributed by atoms with E-state index in [1.165, 1.54) is 5.56 Å². The Balaban J connectivity index is 2.31. The lowest BCUT2D eigenvalue weighted by molar-refractivity contribution is 0.356. The molecule has 0 aliphatic rings. The third kappa shape index (κ3) is 3.76. The third-order valence-electron chi connectivity index (χ3n) is 3.40. The fraction of sp³-hybridized carbons (Fsp3) is 0.333. The lowest BCUT2D eigenvalue weighted by Gasteiger charge is -2.13. The van der Waals surface area contributed by atoms with Gasteiger partial charge in [0.1, 0.15) is 0 Å². The summed E-state index contributed by atoms with van der Waals surface area (Å²) in [5.74, 6) is 1.53. The van der Waals surface area contributed by atoms with Crippen molar-refractivity contribution in [2.75, 3.05) is 20.8 Å². The van der Waals surface area contributed by atoms with E-state index in [1.54, 1.807) is 14.2 Å². The highest BCUT2D eigenvalue weighted by Gasteiger charge is 2.11. The molecule has 2 aromatic carbocycles. The van der Waals surface area contributed by atoms with Crippen LogP contribution in [0.15, 0.2) is 42.5 Å². The normalized spacial score (nSPS) is 10.4. The van der Waals surface area contributed by atoms with E-state index in [1.807, 2.05) is 12.1 Å². The maximum Gasteiger partial charge on any atom is 0.168 e. The second-order valence-electron chi connectivity index (χ2n) is 4.92. The highest BCUT2D eigenvalue weighted by Crippen LogP contribution is 2.37. The van der Waals surface area contributed by atoms with E-state index in [4.69, 9.17) is 9.47 Å². The molecule has 0 aliphatic heterocycles. The zero-order valence-electron chi connectivity index (χ0n) is 13.0. The summed E-state index contributed by atoms with van der Waals surface area (Å²) in [5, 5.41) is 3.43. The van der Waals surface area contributed by atoms with Gasteiger partial charge in [0.05, 0.1) is 14.2 Å². The van der Waals surface area contributed by atoms with Crippen LogP contribution >= 0.6 is 0 Å². The largest absolute Gasteiger partial charge is 0.493 e. The first-order chi connectivity index (χ1) is 10.3. The average Bonchev–Trinajstić information content (AvgIpc) is 2.54. The first-order valence-electron chi connectivity index (χ1n) is 7.31. The van der Waals surface area contributed by atoms with Crippen LogP contribution in [0, 0.1) is 0 Å². The highest BCUT2D eigenvalue weighted by molar-refractivity contribution is 5.74. The van der Waals surface area contributed by atoms with E-state index >= 15 is 0 Å². The van der Waals surface area contributed by atoms with Crippen LogP contribution < -0.4 is 14.8 Å². The van der Waals surface area contributed by atoms with Crippen molar-refractivity contribution in [1.82, 2.24) is 5.32 Å². The first-order valence-corrected chi connectivity index (χ1v) is 7.31. The van der Waals surface area contributed by atoms with Crippen molar-refractivity contribution in [1.29, 1.82) is 0 Å². The molecule has 21 heavy (non-hydrogen) atoms. The van der Waals surface area contributed by atoms with Crippen LogP contribution in [-0.2, 0) is 6.54 Å². The van der Waals surface area contributed by atoms with E-state index in [0.717, 1.165) is 42.1 Å². The molecule has 0 fully saturated rings. The second-order valence-corrected chi connectivity index (χ2v) is 4.92. The minimum Gasteiger partial charge on any atom is -0.493 e. The summed E-state index contributed by atoms with van der Waals surface area (Å²) in [6.07, 6.45) is 1.14. The number of rotatable bonds is 7. The molecule has 0 heterocycles. The third-order valence-corrected chi connectivity index (χ3v) is 3.40. The maximum absolute atomic E-state index is 5.52. The van der Waals surface area contributed by atoms with Gasteiger partial charge in [-0.25, -0.2) is 0 Å². The van der Waals surface area contributed by atoms with Gasteiger partial charge in [0.2, 0.25) is 0 Å². The Morgan fingerprint density at radius 3 is 2.52 bits per heavy atom. The molecule has 1 N–H and O–H groups in total. The van der Waals surface area contributed by atoms with Crippen LogP contribution in [0.1, 0.15) is 18.9 Å². The Kier molecular flexibility index (Phi) is 5.64. The summed E-state index contributed by atoms with van der Waals surface area (Å²) in [4.78, 5) is 0. The predicted molar refractivity (Wildman–Crippen MR) is 87.0 cm³/mol. The Morgan fingerprint density at radius 2 is 1.81 bits per heavy atom. The molecule has 0 unspecified atom stereocenters. The summed E-state index contributed by atoms with van der Waals surface area (Å²) >= 11 is 0. The van der Waals surface area contributed by atoms with Gasteiger partial charge in [0, 0.05) is 12.1 Å². The quantitative estimate of drug-likeness (QED) is 0.783. The molecule has 3 nitrogen and oxygen atoms in total. The van der Waals surface area contributed by atoms with Crippen LogP contribution in [-0.4, -0.2) is 20.8 Å². The molecule has 0 radical (unpaired) electrons. The fourth-order valence-electron chi connectivity index (χ4n) is 2.37. The van der Waals surface area contributed by atoms with Gasteiger partial charge in [-0.2, -0.15) is 0 Å². The maximum atomic E-state index is 5.52. The summed E-state index contributed by atoms with van der Waals surface area (Å²) in [5.41, 5.74) is 3.46. The molecular weight excluding hydrogens is 262 g/mol. The van der Waals surface area contributed by atoms with E-state index in [2.05, 4.69) is 42.6 Å². The fourth-order valence-corrected chi connectivity index (χ4v) is 2.37. The van der Waals surface area contributed by atoms with Gasteiger partial charge >= 0.3 is 0 Å². The highest BCUT2D eigenvalue weighted by atomic mass is 16.5. The topological polar surface area (TPSA) is 30.5 Å². The molecule has 0 atom stereocenters. The molecule has 0 amide bonds. The van der Waals surface area contributed by atoms with Gasteiger partial charge < -0.3 is 14.8 Å². The number of benzene rings is 2. The summed E-state index contributed by atoms with van der Waals surface area (Å²) < 4.78 is 10.9. The Labute approximate surface area is 126 Å². The average molecular weight is 285 g/mol. The Hall–Kier alpha value is -2.00. The standard InChI is InChI=1S/C18H23NO2/c1-4-11-19-13-14-7-5-8-15(12-14)16-9-6-10-17(20-2)18(16)21-3/h5-10,12,19H,4,11,13H2,1-3H3. The van der Waals surface area contributed by atoms with Gasteiger partial charge in [-0.05, 0) is 36.2 Å². The molecule has 0 aromatic heterocycles. The monoisotopic (exact) mass is 285 g/mol. The van der Waals surface area contributed by atoms with Gasteiger partial charge in [0.15, 0.2) is 11.5 Å². The molecule has 2 rings (SSSR count). The number of hydrogen-bond donors (Lipinski definition) is 1. The molecule has 0 aliphatic carbocycles. The first kappa shape index (κ1) is 15.4. The van der Waals surface area contributed by atoms with Crippen molar-refractivity contribution >= 4 is 0 Å². The number of nitrogens with one attached hydrogen (secondary N) is 1. The molecular formula is C18H23NO2. The Morgan fingerprint density at radius 1 is 1.00 bits per heavy atom. The van der Waals surface area contributed by atoms with Gasteiger partial charge in [-0.3, -0.25) is 0 Å². The van der Waals surface area contributed by atoms with Crippen molar-refractivity contribution in [3.05, 3.63) is 48.0 Å². The summed E-state index contributed by atoms with van der Waals surface area (Å²) in [6.45, 7) is 4.09. The summed E-state index contributed by atoms with van der Waals surface area (Å²) in [6, 6.07) is 14.5. The number of hydrogen-bond acceptors (Lipinski definition) is 3. The Bertz CT molecular complexity index is 581. The molecule has 3 heteroatoms. The lowest BCUT2D eigenvalue weighted by Crippen LogP contribution is -2.13. The zero-order valence-corrected chi connectivity index (χ0v) is 13.0. The van der Waals surface area contributed by atoms with Crippen molar-refractivity contribution < 1.29 is 9.47 Å². The van der Waals surface area contributed by atoms with Gasteiger partial charge in [0.25, 0.3) is 0 Å². The van der Waals surface area contributed by atoms with Crippen LogP contribution in [0.4, 0.5) is 0 Å². The van der Waals surface area contributed by atoms with Crippen molar-refractivity contribution in [2.45, 2.75) is 19.9 Å². The van der Waals surface area contributed by atoms with E-state index in [9.17, 15) is 0 Å². The minimum absolute atomic E-state index is 0.754. The number of ether oxygens (including phenoxy) is 2. The zero-order chi connectivity index (χ0) is 15.1. The molecule has 2 aromatic rings.